The second-order valence-corrected chi connectivity index (χ2v) is 7.87. The molecule has 0 radical (unpaired) electrons. The molecule has 0 aliphatic carbocycles. The highest BCUT2D eigenvalue weighted by Crippen LogP contribution is 2.21. The van der Waals surface area contributed by atoms with E-state index in [2.05, 4.69) is 58.9 Å². The van der Waals surface area contributed by atoms with Gasteiger partial charge in [0, 0.05) is 24.1 Å². The van der Waals surface area contributed by atoms with Crippen molar-refractivity contribution in [1.82, 2.24) is 4.90 Å². The Hall–Kier alpha value is -1.67. The molecule has 0 atom stereocenters. The minimum Gasteiger partial charge on any atom is -0.330 e. The van der Waals surface area contributed by atoms with Crippen molar-refractivity contribution in [1.29, 1.82) is 5.26 Å². The summed E-state index contributed by atoms with van der Waals surface area (Å²) in [5.41, 5.74) is 9.16. The lowest BCUT2D eigenvalue weighted by molar-refractivity contribution is 0.168. The van der Waals surface area contributed by atoms with Gasteiger partial charge in [0.15, 0.2) is 0 Å². The van der Waals surface area contributed by atoms with Gasteiger partial charge in [-0.25, -0.2) is 0 Å². The Kier molecular flexibility index (Phi) is 6.56. The molecule has 0 aliphatic heterocycles. The van der Waals surface area contributed by atoms with Gasteiger partial charge in [-0.05, 0) is 47.4 Å². The Morgan fingerprint density at radius 1 is 1.08 bits per heavy atom. The number of hydrogen-bond donors (Lipinski definition) is 1. The molecule has 0 fully saturated rings. The zero-order valence-electron chi connectivity index (χ0n) is 14.3. The van der Waals surface area contributed by atoms with Crippen LogP contribution in [0.3, 0.4) is 0 Å². The number of rotatable bonds is 7. The SMILES string of the molecule is CC(C)(CN)CN(Cc1ccc(C#N)cc1)Cc1cccc(Br)c1. The Morgan fingerprint density at radius 2 is 1.75 bits per heavy atom. The molecule has 0 spiro atoms. The van der Waals surface area contributed by atoms with E-state index in [4.69, 9.17) is 11.0 Å². The molecule has 2 rings (SSSR count). The van der Waals surface area contributed by atoms with E-state index < -0.39 is 0 Å². The predicted octanol–water partition coefficient (Wildman–Crippen LogP) is 4.31. The maximum atomic E-state index is 8.94. The topological polar surface area (TPSA) is 53.0 Å². The van der Waals surface area contributed by atoms with Crippen LogP contribution in [0.25, 0.3) is 0 Å². The van der Waals surface area contributed by atoms with E-state index in [-0.39, 0.29) is 5.41 Å². The average Bonchev–Trinajstić information content (AvgIpc) is 2.55. The number of nitrogens with zero attached hydrogens (tertiary/aromatic N) is 2. The third-order valence-corrected chi connectivity index (χ3v) is 4.48. The molecule has 2 N–H and O–H groups in total. The third kappa shape index (κ3) is 5.76. The van der Waals surface area contributed by atoms with Crippen LogP contribution >= 0.6 is 15.9 Å². The summed E-state index contributed by atoms with van der Waals surface area (Å²) >= 11 is 3.54. The number of nitrogens with two attached hydrogens (primary N) is 1. The zero-order valence-corrected chi connectivity index (χ0v) is 15.9. The molecule has 4 heteroatoms. The number of halogens is 1. The second-order valence-electron chi connectivity index (χ2n) is 6.95. The van der Waals surface area contributed by atoms with Gasteiger partial charge in [0.05, 0.1) is 11.6 Å². The summed E-state index contributed by atoms with van der Waals surface area (Å²) in [5.74, 6) is 0. The van der Waals surface area contributed by atoms with Crippen LogP contribution in [0.15, 0.2) is 53.0 Å². The van der Waals surface area contributed by atoms with Crippen LogP contribution in [-0.4, -0.2) is 18.0 Å². The molecule has 0 amide bonds. The van der Waals surface area contributed by atoms with Crippen LogP contribution in [0.1, 0.15) is 30.5 Å². The molecule has 0 aromatic heterocycles. The van der Waals surface area contributed by atoms with E-state index in [1.807, 2.05) is 30.3 Å². The lowest BCUT2D eigenvalue weighted by Gasteiger charge is -2.32. The maximum Gasteiger partial charge on any atom is 0.0991 e. The van der Waals surface area contributed by atoms with E-state index >= 15 is 0 Å². The van der Waals surface area contributed by atoms with Gasteiger partial charge in [0.2, 0.25) is 0 Å². The summed E-state index contributed by atoms with van der Waals surface area (Å²) in [6.07, 6.45) is 0. The van der Waals surface area contributed by atoms with Crippen molar-refractivity contribution in [2.75, 3.05) is 13.1 Å². The molecule has 0 aliphatic rings. The molecule has 0 unspecified atom stereocenters. The van der Waals surface area contributed by atoms with Crippen LogP contribution < -0.4 is 5.73 Å². The summed E-state index contributed by atoms with van der Waals surface area (Å²) in [7, 11) is 0. The molecule has 24 heavy (non-hydrogen) atoms. The third-order valence-electron chi connectivity index (χ3n) is 3.99. The van der Waals surface area contributed by atoms with Crippen LogP contribution in [-0.2, 0) is 13.1 Å². The van der Waals surface area contributed by atoms with Crippen molar-refractivity contribution in [2.45, 2.75) is 26.9 Å². The highest BCUT2D eigenvalue weighted by molar-refractivity contribution is 9.10. The van der Waals surface area contributed by atoms with Crippen molar-refractivity contribution in [3.63, 3.8) is 0 Å². The van der Waals surface area contributed by atoms with Crippen molar-refractivity contribution < 1.29 is 0 Å². The summed E-state index contributed by atoms with van der Waals surface area (Å²) in [4.78, 5) is 2.41. The fourth-order valence-electron chi connectivity index (χ4n) is 2.67. The molecule has 2 aromatic rings. The normalized spacial score (nSPS) is 11.5. The second kappa shape index (κ2) is 8.43. The molecule has 0 heterocycles. The van der Waals surface area contributed by atoms with E-state index in [9.17, 15) is 0 Å². The lowest BCUT2D eigenvalue weighted by atomic mass is 9.92. The molecular formula is C20H24BrN3. The standard InChI is InChI=1S/C20H24BrN3/c1-20(2,14-23)15-24(13-18-4-3-5-19(21)10-18)12-17-8-6-16(11-22)7-9-17/h3-10H,12-15,23H2,1-2H3. The van der Waals surface area contributed by atoms with Crippen molar-refractivity contribution in [3.05, 3.63) is 69.7 Å². The molecule has 126 valence electrons. The van der Waals surface area contributed by atoms with Crippen LogP contribution in [0.2, 0.25) is 0 Å². The van der Waals surface area contributed by atoms with Gasteiger partial charge in [-0.1, -0.05) is 54.0 Å². The highest BCUT2D eigenvalue weighted by atomic mass is 79.9. The van der Waals surface area contributed by atoms with Crippen LogP contribution in [0.4, 0.5) is 0 Å². The quantitative estimate of drug-likeness (QED) is 0.772. The Morgan fingerprint density at radius 3 is 2.33 bits per heavy atom. The van der Waals surface area contributed by atoms with Gasteiger partial charge in [-0.2, -0.15) is 5.26 Å². The fourth-order valence-corrected chi connectivity index (χ4v) is 3.12. The number of hydrogen-bond acceptors (Lipinski definition) is 3. The van der Waals surface area contributed by atoms with Gasteiger partial charge >= 0.3 is 0 Å². The minimum absolute atomic E-state index is 0.0542. The molecule has 3 nitrogen and oxygen atoms in total. The first-order chi connectivity index (χ1) is 11.4. The molecule has 0 saturated heterocycles. The fraction of sp³-hybridized carbons (Fsp3) is 0.350. The van der Waals surface area contributed by atoms with Crippen LogP contribution in [0, 0.1) is 16.7 Å². The van der Waals surface area contributed by atoms with Crippen molar-refractivity contribution >= 4 is 15.9 Å². The summed E-state index contributed by atoms with van der Waals surface area (Å²) in [5, 5.41) is 8.94. The van der Waals surface area contributed by atoms with E-state index in [1.165, 1.54) is 11.1 Å². The first-order valence-corrected chi connectivity index (χ1v) is 8.87. The molecule has 0 bridgehead atoms. The van der Waals surface area contributed by atoms with Gasteiger partial charge in [-0.15, -0.1) is 0 Å². The first kappa shape index (κ1) is 18.7. The highest BCUT2D eigenvalue weighted by Gasteiger charge is 2.20. The largest absolute Gasteiger partial charge is 0.330 e. The first-order valence-electron chi connectivity index (χ1n) is 8.08. The Balaban J connectivity index is 2.16. The summed E-state index contributed by atoms with van der Waals surface area (Å²) in [6, 6.07) is 18.4. The number of benzene rings is 2. The van der Waals surface area contributed by atoms with E-state index in [0.29, 0.717) is 12.1 Å². The van der Waals surface area contributed by atoms with Gasteiger partial charge in [0.25, 0.3) is 0 Å². The molecule has 0 saturated carbocycles. The minimum atomic E-state index is 0.0542. The average molecular weight is 386 g/mol. The number of nitriles is 1. The van der Waals surface area contributed by atoms with Crippen molar-refractivity contribution in [3.8, 4) is 6.07 Å². The van der Waals surface area contributed by atoms with E-state index in [0.717, 1.165) is 24.1 Å². The van der Waals surface area contributed by atoms with E-state index in [1.54, 1.807) is 0 Å². The lowest BCUT2D eigenvalue weighted by Crippen LogP contribution is -2.38. The van der Waals surface area contributed by atoms with Gasteiger partial charge < -0.3 is 5.73 Å². The van der Waals surface area contributed by atoms with Crippen LogP contribution in [0.5, 0.6) is 0 Å². The maximum absolute atomic E-state index is 8.94. The monoisotopic (exact) mass is 385 g/mol. The predicted molar refractivity (Wildman–Crippen MR) is 102 cm³/mol. The van der Waals surface area contributed by atoms with Gasteiger partial charge in [0.1, 0.15) is 0 Å². The van der Waals surface area contributed by atoms with Gasteiger partial charge in [-0.3, -0.25) is 4.90 Å². The smallest absolute Gasteiger partial charge is 0.0991 e. The molecular weight excluding hydrogens is 362 g/mol. The zero-order chi connectivity index (χ0) is 17.6. The Labute approximate surface area is 153 Å². The Bertz CT molecular complexity index is 702. The van der Waals surface area contributed by atoms with Crippen molar-refractivity contribution in [2.24, 2.45) is 11.1 Å². The summed E-state index contributed by atoms with van der Waals surface area (Å²) in [6.45, 7) is 7.65. The summed E-state index contributed by atoms with van der Waals surface area (Å²) < 4.78 is 1.09. The molecule has 2 aromatic carbocycles.